The molecule has 0 atom stereocenters. The number of aromatic amines is 1. The molecule has 2 amide bonds. The molecular weight excluding hydrogens is 388 g/mol. The Bertz CT molecular complexity index is 1270. The van der Waals surface area contributed by atoms with E-state index in [-0.39, 0.29) is 6.03 Å². The number of hydrogen-bond donors (Lipinski definition) is 3. The number of urea groups is 1. The van der Waals surface area contributed by atoms with E-state index in [1.54, 1.807) is 6.20 Å². The number of aromatic nitrogens is 3. The number of nitrogens with one attached hydrogen (secondary N) is 3. The van der Waals surface area contributed by atoms with E-state index in [0.717, 1.165) is 45.8 Å². The maximum Gasteiger partial charge on any atom is 0.323 e. The molecule has 1 saturated carbocycles. The molecule has 2 saturated heterocycles. The Balaban J connectivity index is 1.17. The van der Waals surface area contributed by atoms with Crippen molar-refractivity contribution < 1.29 is 4.79 Å². The van der Waals surface area contributed by atoms with Crippen LogP contribution in [0, 0.1) is 5.92 Å². The first-order valence-electron chi connectivity index (χ1n) is 10.9. The Morgan fingerprint density at radius 3 is 2.52 bits per heavy atom. The van der Waals surface area contributed by atoms with Gasteiger partial charge in [0.2, 0.25) is 0 Å². The number of fused-ring (bicyclic) bond motifs is 5. The highest BCUT2D eigenvalue weighted by Crippen LogP contribution is 2.37. The van der Waals surface area contributed by atoms with Gasteiger partial charge in [0.1, 0.15) is 5.82 Å². The van der Waals surface area contributed by atoms with Crippen molar-refractivity contribution in [1.82, 2.24) is 15.2 Å². The quantitative estimate of drug-likeness (QED) is 0.435. The van der Waals surface area contributed by atoms with Crippen LogP contribution in [-0.2, 0) is 0 Å². The van der Waals surface area contributed by atoms with Crippen LogP contribution in [0.25, 0.3) is 21.8 Å². The molecule has 0 spiro atoms. The predicted molar refractivity (Wildman–Crippen MR) is 124 cm³/mol. The highest BCUT2D eigenvalue weighted by Gasteiger charge is 2.34. The molecule has 3 aliphatic rings. The summed E-state index contributed by atoms with van der Waals surface area (Å²) in [5.74, 6) is 1.90. The summed E-state index contributed by atoms with van der Waals surface area (Å²) in [4.78, 5) is 19.9. The van der Waals surface area contributed by atoms with Crippen LogP contribution < -0.4 is 15.5 Å². The van der Waals surface area contributed by atoms with Crippen LogP contribution in [0.4, 0.5) is 22.0 Å². The molecule has 7 heteroatoms. The van der Waals surface area contributed by atoms with Crippen molar-refractivity contribution in [2.75, 3.05) is 22.1 Å². The molecule has 156 valence electrons. The highest BCUT2D eigenvalue weighted by atomic mass is 16.2. The molecule has 31 heavy (non-hydrogen) atoms. The SMILES string of the molecule is O=C(Nc1ccc2nc(N3CC4CCC3CC4)ccc2c1)Nc1ccc2cn[nH]c2c1. The second-order valence-corrected chi connectivity index (χ2v) is 8.65. The van der Waals surface area contributed by atoms with Gasteiger partial charge in [-0.25, -0.2) is 9.78 Å². The standard InChI is InChI=1S/C24H24N6O/c31-24(27-19-5-3-17-13-25-29-22(17)12-19)26-18-6-9-21-16(11-18)4-10-23(28-21)30-14-15-1-7-20(30)8-2-15/h3-6,9-13,15,20H,1-2,7-8,14H2,(H,25,29)(H2,26,27,31). The lowest BCUT2D eigenvalue weighted by atomic mass is 9.80. The van der Waals surface area contributed by atoms with E-state index >= 15 is 0 Å². The third-order valence-corrected chi connectivity index (χ3v) is 6.64. The van der Waals surface area contributed by atoms with Gasteiger partial charge in [0.15, 0.2) is 0 Å². The van der Waals surface area contributed by atoms with Crippen LogP contribution in [0.1, 0.15) is 25.7 Å². The summed E-state index contributed by atoms with van der Waals surface area (Å²) >= 11 is 0. The largest absolute Gasteiger partial charge is 0.353 e. The Kier molecular flexibility index (Phi) is 4.26. The number of carbonyl (C=O) groups is 1. The molecule has 3 fully saturated rings. The summed E-state index contributed by atoms with van der Waals surface area (Å²) in [6.07, 6.45) is 7.05. The zero-order chi connectivity index (χ0) is 20.8. The van der Waals surface area contributed by atoms with Crippen molar-refractivity contribution >= 4 is 45.0 Å². The minimum Gasteiger partial charge on any atom is -0.353 e. The first-order chi connectivity index (χ1) is 15.2. The minimum absolute atomic E-state index is 0.285. The van der Waals surface area contributed by atoms with E-state index in [1.165, 1.54) is 25.7 Å². The van der Waals surface area contributed by atoms with Crippen LogP contribution in [0.3, 0.4) is 0 Å². The van der Waals surface area contributed by atoms with E-state index in [4.69, 9.17) is 4.98 Å². The van der Waals surface area contributed by atoms with Crippen LogP contribution in [0.5, 0.6) is 0 Å². The van der Waals surface area contributed by atoms with E-state index in [9.17, 15) is 4.79 Å². The van der Waals surface area contributed by atoms with Gasteiger partial charge in [0, 0.05) is 34.7 Å². The highest BCUT2D eigenvalue weighted by molar-refractivity contribution is 6.02. The van der Waals surface area contributed by atoms with Gasteiger partial charge in [-0.2, -0.15) is 5.10 Å². The molecule has 2 aliphatic heterocycles. The van der Waals surface area contributed by atoms with Crippen molar-refractivity contribution in [1.29, 1.82) is 0 Å². The van der Waals surface area contributed by atoms with E-state index in [2.05, 4.69) is 37.9 Å². The monoisotopic (exact) mass is 412 g/mol. The predicted octanol–water partition coefficient (Wildman–Crippen LogP) is 5.13. The summed E-state index contributed by atoms with van der Waals surface area (Å²) in [6, 6.07) is 16.1. The van der Waals surface area contributed by atoms with Crippen molar-refractivity contribution in [3.8, 4) is 0 Å². The maximum absolute atomic E-state index is 12.5. The van der Waals surface area contributed by atoms with Gasteiger partial charge >= 0.3 is 6.03 Å². The van der Waals surface area contributed by atoms with Crippen molar-refractivity contribution in [2.45, 2.75) is 31.7 Å². The molecule has 0 radical (unpaired) electrons. The summed E-state index contributed by atoms with van der Waals surface area (Å²) in [7, 11) is 0. The van der Waals surface area contributed by atoms with Gasteiger partial charge < -0.3 is 15.5 Å². The number of pyridine rings is 1. The molecule has 0 unspecified atom stereocenters. The Morgan fingerprint density at radius 1 is 0.935 bits per heavy atom. The van der Waals surface area contributed by atoms with Gasteiger partial charge in [-0.3, -0.25) is 5.10 Å². The van der Waals surface area contributed by atoms with E-state index in [1.807, 2.05) is 36.4 Å². The van der Waals surface area contributed by atoms with Crippen molar-refractivity contribution in [2.24, 2.45) is 5.92 Å². The summed E-state index contributed by atoms with van der Waals surface area (Å²) in [6.45, 7) is 1.13. The molecule has 7 rings (SSSR count). The number of piperidine rings is 2. The second kappa shape index (κ2) is 7.27. The van der Waals surface area contributed by atoms with Crippen LogP contribution >= 0.6 is 0 Å². The average Bonchev–Trinajstić information content (AvgIpc) is 3.27. The van der Waals surface area contributed by atoms with E-state index in [0.29, 0.717) is 11.7 Å². The van der Waals surface area contributed by atoms with Crippen molar-refractivity contribution in [3.63, 3.8) is 0 Å². The number of hydrogen-bond acceptors (Lipinski definition) is 4. The third-order valence-electron chi connectivity index (χ3n) is 6.64. The zero-order valence-electron chi connectivity index (χ0n) is 17.1. The average molecular weight is 412 g/mol. The van der Waals surface area contributed by atoms with Gasteiger partial charge in [-0.1, -0.05) is 0 Å². The number of carbonyl (C=O) groups excluding carboxylic acids is 1. The fraction of sp³-hybridized carbons (Fsp3) is 0.292. The van der Waals surface area contributed by atoms with Crippen LogP contribution in [0.15, 0.2) is 54.7 Å². The molecule has 1 aliphatic carbocycles. The number of H-pyrrole nitrogens is 1. The molecule has 2 bridgehead atoms. The number of nitrogens with zero attached hydrogens (tertiary/aromatic N) is 3. The maximum atomic E-state index is 12.5. The molecule has 2 aromatic carbocycles. The Morgan fingerprint density at radius 2 is 1.71 bits per heavy atom. The van der Waals surface area contributed by atoms with Gasteiger partial charge in [0.05, 0.1) is 17.2 Å². The lowest BCUT2D eigenvalue weighted by Crippen LogP contribution is -2.48. The summed E-state index contributed by atoms with van der Waals surface area (Å²) in [5.41, 5.74) is 3.28. The molecular formula is C24H24N6O. The number of rotatable bonds is 3. The summed E-state index contributed by atoms with van der Waals surface area (Å²) < 4.78 is 0. The Labute approximate surface area is 179 Å². The number of anilines is 3. The Hall–Kier alpha value is -3.61. The number of benzene rings is 2. The first-order valence-corrected chi connectivity index (χ1v) is 10.9. The second-order valence-electron chi connectivity index (χ2n) is 8.65. The summed E-state index contributed by atoms with van der Waals surface area (Å²) in [5, 5.41) is 14.7. The zero-order valence-corrected chi connectivity index (χ0v) is 17.1. The number of amides is 2. The lowest BCUT2D eigenvalue weighted by Gasteiger charge is -2.46. The van der Waals surface area contributed by atoms with Crippen LogP contribution in [0.2, 0.25) is 0 Å². The normalized spacial score (nSPS) is 20.3. The smallest absolute Gasteiger partial charge is 0.323 e. The van der Waals surface area contributed by atoms with Gasteiger partial charge in [0.25, 0.3) is 0 Å². The van der Waals surface area contributed by atoms with Gasteiger partial charge in [-0.05, 0) is 80.1 Å². The molecule has 7 nitrogen and oxygen atoms in total. The molecule has 3 N–H and O–H groups in total. The fourth-order valence-electron chi connectivity index (χ4n) is 5.01. The lowest BCUT2D eigenvalue weighted by molar-refractivity contribution is 0.251. The van der Waals surface area contributed by atoms with Crippen LogP contribution in [-0.4, -0.2) is 33.8 Å². The third kappa shape index (κ3) is 3.46. The van der Waals surface area contributed by atoms with Crippen molar-refractivity contribution in [3.05, 3.63) is 54.7 Å². The van der Waals surface area contributed by atoms with E-state index < -0.39 is 0 Å². The van der Waals surface area contributed by atoms with Gasteiger partial charge in [-0.15, -0.1) is 0 Å². The molecule has 4 heterocycles. The first kappa shape index (κ1) is 18.2. The molecule has 2 aromatic heterocycles. The minimum atomic E-state index is -0.285. The fourth-order valence-corrected chi connectivity index (χ4v) is 5.01. The molecule has 4 aromatic rings. The topological polar surface area (TPSA) is 85.9 Å².